The van der Waals surface area contributed by atoms with E-state index in [1.165, 1.54) is 24.1 Å². The molecule has 0 fully saturated rings. The number of carbonyl (C=O) groups excluding carboxylic acids is 2. The van der Waals surface area contributed by atoms with E-state index in [-0.39, 0.29) is 5.75 Å². The number of halogens is 1. The van der Waals surface area contributed by atoms with E-state index < -0.39 is 11.8 Å². The summed E-state index contributed by atoms with van der Waals surface area (Å²) in [6, 6.07) is 13.2. The van der Waals surface area contributed by atoms with Crippen LogP contribution in [0.5, 0.6) is 5.75 Å². The van der Waals surface area contributed by atoms with Gasteiger partial charge in [-0.2, -0.15) is 0 Å². The number of phenolic OH excluding ortho intramolecular Hbond substituents is 1. The topological polar surface area (TPSA) is 69.6 Å². The lowest BCUT2D eigenvalue weighted by atomic mass is 10.2. The predicted octanol–water partition coefficient (Wildman–Crippen LogP) is 2.60. The summed E-state index contributed by atoms with van der Waals surface area (Å²) in [5.74, 6) is -1.30. The predicted molar refractivity (Wildman–Crippen MR) is 89.3 cm³/mol. The largest absolute Gasteiger partial charge is 0.508 e. The number of hydrogen-bond acceptors (Lipinski definition) is 3. The van der Waals surface area contributed by atoms with E-state index in [4.69, 9.17) is 0 Å². The van der Waals surface area contributed by atoms with Gasteiger partial charge < -0.3 is 15.3 Å². The molecule has 2 amide bonds. The Labute approximate surface area is 135 Å². The van der Waals surface area contributed by atoms with E-state index in [1.54, 1.807) is 24.3 Å². The van der Waals surface area contributed by atoms with Crippen molar-refractivity contribution in [1.82, 2.24) is 0 Å². The number of nitrogens with one attached hydrogen (secondary N) is 1. The fourth-order valence-electron chi connectivity index (χ4n) is 1.66. The van der Waals surface area contributed by atoms with E-state index in [0.717, 1.165) is 3.57 Å². The standard InChI is InChI=1S/C15H13IN2O3/c1-18(12-6-8-13(19)9-7-12)15(21)14(20)17-11-4-2-10(16)3-5-11/h2-9,19H,1H3,(H,17,20). The molecule has 6 heteroatoms. The Balaban J connectivity index is 2.06. The maximum atomic E-state index is 12.0. The van der Waals surface area contributed by atoms with Gasteiger partial charge in [-0.1, -0.05) is 0 Å². The third-order valence-corrected chi connectivity index (χ3v) is 3.56. The van der Waals surface area contributed by atoms with Crippen LogP contribution in [0, 0.1) is 3.57 Å². The minimum absolute atomic E-state index is 0.0999. The molecule has 0 aliphatic carbocycles. The number of phenols is 1. The molecule has 2 aromatic rings. The van der Waals surface area contributed by atoms with Gasteiger partial charge in [0.2, 0.25) is 0 Å². The van der Waals surface area contributed by atoms with Crippen molar-refractivity contribution < 1.29 is 14.7 Å². The Morgan fingerprint density at radius 1 is 1.05 bits per heavy atom. The second-order valence-corrected chi connectivity index (χ2v) is 5.59. The molecular weight excluding hydrogens is 383 g/mol. The summed E-state index contributed by atoms with van der Waals surface area (Å²) in [6.07, 6.45) is 0. The van der Waals surface area contributed by atoms with Crippen molar-refractivity contribution in [3.8, 4) is 5.75 Å². The Morgan fingerprint density at radius 2 is 1.62 bits per heavy atom. The minimum atomic E-state index is -0.716. The van der Waals surface area contributed by atoms with Gasteiger partial charge >= 0.3 is 11.8 Å². The van der Waals surface area contributed by atoms with Gasteiger partial charge in [0.05, 0.1) is 0 Å². The zero-order valence-corrected chi connectivity index (χ0v) is 13.4. The molecule has 0 spiro atoms. The van der Waals surface area contributed by atoms with E-state index in [2.05, 4.69) is 27.9 Å². The fraction of sp³-hybridized carbons (Fsp3) is 0.0667. The number of nitrogens with zero attached hydrogens (tertiary/aromatic N) is 1. The van der Waals surface area contributed by atoms with Gasteiger partial charge in [0, 0.05) is 22.0 Å². The zero-order chi connectivity index (χ0) is 15.4. The van der Waals surface area contributed by atoms with Crippen LogP contribution in [-0.2, 0) is 9.59 Å². The van der Waals surface area contributed by atoms with Crippen molar-refractivity contribution in [2.45, 2.75) is 0 Å². The number of carbonyl (C=O) groups is 2. The summed E-state index contributed by atoms with van der Waals surface area (Å²) in [6.45, 7) is 0. The van der Waals surface area contributed by atoms with Crippen molar-refractivity contribution in [2.24, 2.45) is 0 Å². The summed E-state index contributed by atoms with van der Waals surface area (Å²) in [7, 11) is 1.50. The number of rotatable bonds is 2. The molecule has 0 saturated heterocycles. The van der Waals surface area contributed by atoms with E-state index in [9.17, 15) is 14.7 Å². The molecule has 21 heavy (non-hydrogen) atoms. The van der Waals surface area contributed by atoms with Crippen molar-refractivity contribution in [3.05, 3.63) is 52.1 Å². The zero-order valence-electron chi connectivity index (χ0n) is 11.2. The summed E-state index contributed by atoms with van der Waals surface area (Å²) < 4.78 is 1.04. The molecule has 5 nitrogen and oxygen atoms in total. The third kappa shape index (κ3) is 3.94. The van der Waals surface area contributed by atoms with Crippen molar-refractivity contribution >= 4 is 45.8 Å². The Bertz CT molecular complexity index is 654. The molecule has 0 heterocycles. The summed E-state index contributed by atoms with van der Waals surface area (Å²) in [5.41, 5.74) is 1.09. The van der Waals surface area contributed by atoms with Gasteiger partial charge in [0.15, 0.2) is 0 Å². The van der Waals surface area contributed by atoms with Crippen LogP contribution >= 0.6 is 22.6 Å². The molecule has 0 radical (unpaired) electrons. The lowest BCUT2D eigenvalue weighted by Crippen LogP contribution is -2.37. The highest BCUT2D eigenvalue weighted by atomic mass is 127. The molecule has 0 bridgehead atoms. The Morgan fingerprint density at radius 3 is 2.19 bits per heavy atom. The minimum Gasteiger partial charge on any atom is -0.508 e. The van der Waals surface area contributed by atoms with Gasteiger partial charge in [-0.15, -0.1) is 0 Å². The Kier molecular flexibility index (Phi) is 4.79. The van der Waals surface area contributed by atoms with Crippen LogP contribution in [0.1, 0.15) is 0 Å². The van der Waals surface area contributed by atoms with Crippen molar-refractivity contribution in [3.63, 3.8) is 0 Å². The molecule has 2 N–H and O–H groups in total. The first-order valence-corrected chi connectivity index (χ1v) is 7.19. The monoisotopic (exact) mass is 396 g/mol. The molecule has 0 aliphatic heterocycles. The Hall–Kier alpha value is -2.09. The average Bonchev–Trinajstić information content (AvgIpc) is 2.49. The summed E-state index contributed by atoms with van der Waals surface area (Å²) in [4.78, 5) is 25.2. The van der Waals surface area contributed by atoms with Gasteiger partial charge in [0.1, 0.15) is 5.75 Å². The molecule has 0 aromatic heterocycles. The van der Waals surface area contributed by atoms with Crippen LogP contribution in [0.15, 0.2) is 48.5 Å². The van der Waals surface area contributed by atoms with Crippen LogP contribution < -0.4 is 10.2 Å². The number of aromatic hydroxyl groups is 1. The van der Waals surface area contributed by atoms with E-state index in [0.29, 0.717) is 11.4 Å². The highest BCUT2D eigenvalue weighted by Gasteiger charge is 2.20. The van der Waals surface area contributed by atoms with Gasteiger partial charge in [-0.3, -0.25) is 9.59 Å². The fourth-order valence-corrected chi connectivity index (χ4v) is 2.02. The van der Waals surface area contributed by atoms with Gasteiger partial charge in [0.25, 0.3) is 0 Å². The van der Waals surface area contributed by atoms with Gasteiger partial charge in [-0.25, -0.2) is 0 Å². The van der Waals surface area contributed by atoms with Crippen LogP contribution in [0.25, 0.3) is 0 Å². The first-order chi connectivity index (χ1) is 9.97. The number of anilines is 2. The lowest BCUT2D eigenvalue weighted by Gasteiger charge is -2.16. The van der Waals surface area contributed by atoms with Crippen molar-refractivity contribution in [1.29, 1.82) is 0 Å². The lowest BCUT2D eigenvalue weighted by molar-refractivity contribution is -0.134. The first kappa shape index (κ1) is 15.3. The molecule has 2 aromatic carbocycles. The molecular formula is C15H13IN2O3. The third-order valence-electron chi connectivity index (χ3n) is 2.84. The smallest absolute Gasteiger partial charge is 0.316 e. The SMILES string of the molecule is CN(C(=O)C(=O)Nc1ccc(I)cc1)c1ccc(O)cc1. The molecule has 108 valence electrons. The number of likely N-dealkylation sites (N-methyl/N-ethyl adjacent to an activating group) is 1. The van der Waals surface area contributed by atoms with E-state index in [1.807, 2.05) is 12.1 Å². The number of amides is 2. The molecule has 0 aliphatic rings. The second-order valence-electron chi connectivity index (χ2n) is 4.34. The van der Waals surface area contributed by atoms with Crippen LogP contribution in [0.4, 0.5) is 11.4 Å². The number of hydrogen-bond donors (Lipinski definition) is 2. The number of benzene rings is 2. The first-order valence-electron chi connectivity index (χ1n) is 6.11. The quantitative estimate of drug-likeness (QED) is 0.606. The maximum Gasteiger partial charge on any atom is 0.316 e. The van der Waals surface area contributed by atoms with Crippen molar-refractivity contribution in [2.75, 3.05) is 17.3 Å². The second kappa shape index (κ2) is 6.57. The highest BCUT2D eigenvalue weighted by molar-refractivity contribution is 14.1. The average molecular weight is 396 g/mol. The highest BCUT2D eigenvalue weighted by Crippen LogP contribution is 2.18. The van der Waals surface area contributed by atoms with Crippen LogP contribution in [0.2, 0.25) is 0 Å². The molecule has 2 rings (SSSR count). The molecule has 0 unspecified atom stereocenters. The van der Waals surface area contributed by atoms with E-state index >= 15 is 0 Å². The molecule has 0 atom stereocenters. The van der Waals surface area contributed by atoms with Gasteiger partial charge in [-0.05, 0) is 71.1 Å². The normalized spacial score (nSPS) is 10.0. The molecule has 0 saturated carbocycles. The van der Waals surface area contributed by atoms with Crippen LogP contribution in [0.3, 0.4) is 0 Å². The van der Waals surface area contributed by atoms with Crippen LogP contribution in [-0.4, -0.2) is 24.0 Å². The summed E-state index contributed by atoms with van der Waals surface area (Å²) >= 11 is 2.16. The maximum absolute atomic E-state index is 12.0. The summed E-state index contributed by atoms with van der Waals surface area (Å²) in [5, 5.41) is 11.8.